The smallest absolute Gasteiger partial charge is 0.224 e. The lowest BCUT2D eigenvalue weighted by atomic mass is 9.96. The van der Waals surface area contributed by atoms with E-state index >= 15 is 0 Å². The summed E-state index contributed by atoms with van der Waals surface area (Å²) in [5.41, 5.74) is 3.25. The van der Waals surface area contributed by atoms with Gasteiger partial charge in [0, 0.05) is 56.7 Å². The Bertz CT molecular complexity index is 2100. The summed E-state index contributed by atoms with van der Waals surface area (Å²) in [7, 11) is 1.65. The number of Topliss-reactive ketones (excluding diaryl/α,β-unsaturated/α-hetero) is 2. The number of anilines is 2. The molecule has 4 atom stereocenters. The maximum atomic E-state index is 11.4. The monoisotopic (exact) mass is 790 g/mol. The summed E-state index contributed by atoms with van der Waals surface area (Å²) >= 11 is 5.86. The highest BCUT2D eigenvalue weighted by Gasteiger charge is 2.27. The fourth-order valence-corrected chi connectivity index (χ4v) is 7.37. The molecular weight excluding hydrogens is 740 g/mol. The van der Waals surface area contributed by atoms with Crippen LogP contribution in [0, 0.1) is 0 Å². The Hall–Kier alpha value is -5.55. The van der Waals surface area contributed by atoms with Gasteiger partial charge in [-0.1, -0.05) is 50.2 Å². The molecule has 7 rings (SSSR count). The van der Waals surface area contributed by atoms with E-state index in [4.69, 9.17) is 30.8 Å². The molecule has 0 radical (unpaired) electrons. The molecule has 5 aromatic rings. The minimum atomic E-state index is 0.103. The van der Waals surface area contributed by atoms with Gasteiger partial charge in [-0.2, -0.15) is 0 Å². The average Bonchev–Trinajstić information content (AvgIpc) is 3.88. The second kappa shape index (κ2) is 19.5. The Morgan fingerprint density at radius 2 is 1.21 bits per heavy atom. The zero-order valence-electron chi connectivity index (χ0n) is 33.3. The van der Waals surface area contributed by atoms with E-state index in [2.05, 4.69) is 50.7 Å². The number of hydrogen-bond acceptors (Lipinski definition) is 11. The number of nitrogens with zero attached hydrogens (tertiary/aromatic N) is 6. The van der Waals surface area contributed by atoms with E-state index < -0.39 is 0 Å². The molecule has 0 amide bonds. The molecule has 3 aromatic carbocycles. The summed E-state index contributed by atoms with van der Waals surface area (Å²) in [6.45, 7) is 10.7. The Morgan fingerprint density at radius 1 is 0.702 bits per heavy atom. The van der Waals surface area contributed by atoms with Gasteiger partial charge in [-0.25, -0.2) is 19.9 Å². The van der Waals surface area contributed by atoms with Crippen LogP contribution in [0.25, 0.3) is 11.4 Å². The number of carbonyl (C=O) groups is 2. The average molecular weight is 791 g/mol. The summed E-state index contributed by atoms with van der Waals surface area (Å²) in [6.07, 6.45) is 6.69. The van der Waals surface area contributed by atoms with Crippen molar-refractivity contribution in [2.24, 2.45) is 0 Å². The third kappa shape index (κ3) is 11.7. The number of aromatic nitrogens is 4. The van der Waals surface area contributed by atoms with Crippen LogP contribution >= 0.6 is 11.6 Å². The highest BCUT2D eigenvalue weighted by atomic mass is 35.5. The topological polar surface area (TPSA) is 120 Å². The first kappa shape index (κ1) is 41.1. The van der Waals surface area contributed by atoms with Crippen LogP contribution < -0.4 is 24.0 Å². The van der Waals surface area contributed by atoms with Gasteiger partial charge < -0.3 is 33.6 Å². The Kier molecular flexibility index (Phi) is 14.1. The van der Waals surface area contributed by atoms with Gasteiger partial charge in [0.05, 0.1) is 20.2 Å². The van der Waals surface area contributed by atoms with E-state index in [9.17, 15) is 9.59 Å². The van der Waals surface area contributed by atoms with Gasteiger partial charge >= 0.3 is 0 Å². The van der Waals surface area contributed by atoms with Gasteiger partial charge in [0.2, 0.25) is 5.28 Å². The van der Waals surface area contributed by atoms with Crippen molar-refractivity contribution in [1.82, 2.24) is 19.9 Å². The van der Waals surface area contributed by atoms with Gasteiger partial charge in [0.15, 0.2) is 5.82 Å². The Morgan fingerprint density at radius 3 is 1.70 bits per heavy atom. The predicted octanol–water partition coefficient (Wildman–Crippen LogP) is 8.76. The molecule has 4 heterocycles. The first-order chi connectivity index (χ1) is 27.5. The fraction of sp³-hybridized carbons (Fsp3) is 0.378. The van der Waals surface area contributed by atoms with Crippen LogP contribution in [-0.4, -0.2) is 77.0 Å². The normalized spacial score (nSPS) is 17.3. The molecule has 2 unspecified atom stereocenters. The molecule has 2 saturated heterocycles. The molecule has 0 spiro atoms. The van der Waals surface area contributed by atoms with Crippen LogP contribution in [0.15, 0.2) is 97.3 Å². The summed E-state index contributed by atoms with van der Waals surface area (Å²) in [4.78, 5) is 44.4. The van der Waals surface area contributed by atoms with Gasteiger partial charge in [0.25, 0.3) is 0 Å². The maximum Gasteiger partial charge on any atom is 0.224 e. The van der Waals surface area contributed by atoms with E-state index in [1.807, 2.05) is 72.8 Å². The molecule has 0 saturated carbocycles. The molecule has 0 bridgehead atoms. The lowest BCUT2D eigenvalue weighted by Gasteiger charge is -2.19. The highest BCUT2D eigenvalue weighted by molar-refractivity contribution is 6.28. The number of methoxy groups -OCH3 is 1. The minimum absolute atomic E-state index is 0.103. The number of rotatable bonds is 14. The number of carbonyl (C=O) groups excluding carboxylic acids is 2. The molecule has 298 valence electrons. The van der Waals surface area contributed by atoms with Crippen molar-refractivity contribution < 1.29 is 23.8 Å². The third-order valence-electron chi connectivity index (χ3n) is 10.2. The largest absolute Gasteiger partial charge is 0.497 e. The summed E-state index contributed by atoms with van der Waals surface area (Å²) < 4.78 is 17.6. The molecule has 12 heteroatoms. The van der Waals surface area contributed by atoms with E-state index in [0.29, 0.717) is 18.7 Å². The molecule has 11 nitrogen and oxygen atoms in total. The van der Waals surface area contributed by atoms with Gasteiger partial charge in [-0.3, -0.25) is 0 Å². The first-order valence-electron chi connectivity index (χ1n) is 19.5. The van der Waals surface area contributed by atoms with Crippen LogP contribution in [0.4, 0.5) is 11.6 Å². The van der Waals surface area contributed by atoms with Crippen LogP contribution in [0.5, 0.6) is 17.2 Å². The van der Waals surface area contributed by atoms with Crippen molar-refractivity contribution in [2.45, 2.75) is 77.4 Å². The van der Waals surface area contributed by atoms with Crippen LogP contribution in [0.3, 0.4) is 0 Å². The summed E-state index contributed by atoms with van der Waals surface area (Å²) in [6, 6.07) is 27.7. The first-order valence-corrected chi connectivity index (χ1v) is 19.9. The lowest BCUT2D eigenvalue weighted by molar-refractivity contribution is -0.118. The number of ketones is 2. The van der Waals surface area contributed by atoms with Crippen LogP contribution in [-0.2, 0) is 9.59 Å². The third-order valence-corrected chi connectivity index (χ3v) is 10.4. The molecule has 57 heavy (non-hydrogen) atoms. The van der Waals surface area contributed by atoms with E-state index in [1.54, 1.807) is 33.4 Å². The standard InChI is InChI=1S/C26H29N3O3.C19H22ClN3O2/c1-18(15-19(2)30)20-7-9-22(10-8-20)32-24-12-14-29(17-24)25-11-13-27-26(28-25)21-5-4-6-23(16-21)31-3;1-13(11-14(2)24)15-3-5-16(6-4-15)25-17-8-10-23(12-17)18-7-9-21-19(20)22-18/h4-11,13,16,18,24H,12,14-15,17H2,1-3H3;3-7,9,13,17H,8,10-12H2,1-2H3/t18-,24?;13-,17?/m11/s1. The van der Waals surface area contributed by atoms with Crippen molar-refractivity contribution in [3.63, 3.8) is 0 Å². The zero-order valence-corrected chi connectivity index (χ0v) is 34.1. The predicted molar refractivity (Wildman–Crippen MR) is 224 cm³/mol. The van der Waals surface area contributed by atoms with Crippen molar-refractivity contribution in [2.75, 3.05) is 43.1 Å². The van der Waals surface area contributed by atoms with E-state index in [1.165, 1.54) is 0 Å². The molecule has 0 aliphatic carbocycles. The number of halogens is 1. The Balaban J connectivity index is 0.000000199. The zero-order chi connectivity index (χ0) is 40.3. The summed E-state index contributed by atoms with van der Waals surface area (Å²) in [5, 5.41) is 0.261. The van der Waals surface area contributed by atoms with Crippen LogP contribution in [0.2, 0.25) is 5.28 Å². The maximum absolute atomic E-state index is 11.4. The fourth-order valence-electron chi connectivity index (χ4n) is 7.23. The lowest BCUT2D eigenvalue weighted by Crippen LogP contribution is -2.25. The molecular formula is C45H51ClN6O5. The molecule has 2 aromatic heterocycles. The summed E-state index contributed by atoms with van der Waals surface area (Å²) in [5.74, 6) is 5.79. The molecule has 2 fully saturated rings. The number of benzene rings is 3. The van der Waals surface area contributed by atoms with E-state index in [-0.39, 0.29) is 40.9 Å². The highest BCUT2D eigenvalue weighted by Crippen LogP contribution is 2.29. The van der Waals surface area contributed by atoms with Gasteiger partial charge in [0.1, 0.15) is 52.7 Å². The molecule has 0 N–H and O–H groups in total. The molecule has 2 aliphatic rings. The number of ether oxygens (including phenoxy) is 3. The van der Waals surface area contributed by atoms with Gasteiger partial charge in [-0.05, 0) is 96.9 Å². The Labute approximate surface area is 340 Å². The van der Waals surface area contributed by atoms with E-state index in [0.717, 1.165) is 84.6 Å². The second-order valence-corrected chi connectivity index (χ2v) is 15.2. The number of hydrogen-bond donors (Lipinski definition) is 0. The quantitative estimate of drug-likeness (QED) is 0.100. The second-order valence-electron chi connectivity index (χ2n) is 14.9. The van der Waals surface area contributed by atoms with Gasteiger partial charge in [-0.15, -0.1) is 0 Å². The van der Waals surface area contributed by atoms with Crippen molar-refractivity contribution in [3.8, 4) is 28.6 Å². The van der Waals surface area contributed by atoms with Crippen molar-refractivity contribution in [3.05, 3.63) is 114 Å². The van der Waals surface area contributed by atoms with Crippen LogP contribution in [0.1, 0.15) is 76.3 Å². The minimum Gasteiger partial charge on any atom is -0.497 e. The molecule has 2 aliphatic heterocycles. The van der Waals surface area contributed by atoms with Crippen molar-refractivity contribution in [1.29, 1.82) is 0 Å². The SMILES string of the molecule is CC(=O)C[C@@H](C)c1ccc(OC2CCN(c3ccnc(Cl)n3)C2)cc1.COc1cccc(-c2nccc(N3CCC(Oc4ccc([C@H](C)CC(C)=O)cc4)C3)n2)c1. The van der Waals surface area contributed by atoms with Crippen molar-refractivity contribution >= 4 is 34.8 Å².